The fourth-order valence-corrected chi connectivity index (χ4v) is 3.99. The van der Waals surface area contributed by atoms with Crippen LogP contribution in [0.15, 0.2) is 0 Å². The van der Waals surface area contributed by atoms with E-state index in [4.69, 9.17) is 0 Å². The zero-order valence-electron chi connectivity index (χ0n) is 10.4. The zero-order valence-corrected chi connectivity index (χ0v) is 11.2. The Morgan fingerprint density at radius 1 is 1.24 bits per heavy atom. The fourth-order valence-electron chi connectivity index (χ4n) is 2.79. The summed E-state index contributed by atoms with van der Waals surface area (Å²) in [6.45, 7) is 0.668. The van der Waals surface area contributed by atoms with Gasteiger partial charge in [0.15, 0.2) is 0 Å². The maximum absolute atomic E-state index is 11.8. The highest BCUT2D eigenvalue weighted by atomic mass is 32.2. The number of rotatable bonds is 4. The second-order valence-corrected chi connectivity index (χ2v) is 6.55. The molecule has 2 aliphatic rings. The van der Waals surface area contributed by atoms with Crippen molar-refractivity contribution in [2.24, 2.45) is 11.8 Å². The molecule has 3 nitrogen and oxygen atoms in total. The normalized spacial score (nSPS) is 30.4. The third-order valence-electron chi connectivity index (χ3n) is 4.00. The summed E-state index contributed by atoms with van der Waals surface area (Å²) in [6, 6.07) is 0. The number of amides is 1. The Morgan fingerprint density at radius 3 is 2.65 bits per heavy atom. The lowest BCUT2D eigenvalue weighted by atomic mass is 9.98. The van der Waals surface area contributed by atoms with E-state index in [-0.39, 0.29) is 12.0 Å². The highest BCUT2D eigenvalue weighted by Crippen LogP contribution is 2.26. The van der Waals surface area contributed by atoms with Gasteiger partial charge in [-0.3, -0.25) is 4.79 Å². The van der Waals surface area contributed by atoms with Gasteiger partial charge in [-0.15, -0.1) is 0 Å². The van der Waals surface area contributed by atoms with E-state index >= 15 is 0 Å². The highest BCUT2D eigenvalue weighted by Gasteiger charge is 2.25. The number of thioether (sulfide) groups is 1. The van der Waals surface area contributed by atoms with Crippen molar-refractivity contribution < 1.29 is 9.90 Å². The minimum absolute atomic E-state index is 0.181. The van der Waals surface area contributed by atoms with Crippen molar-refractivity contribution in [3.63, 3.8) is 0 Å². The fraction of sp³-hybridized carbons (Fsp3) is 0.923. The molecule has 1 saturated heterocycles. The largest absolute Gasteiger partial charge is 0.393 e. The van der Waals surface area contributed by atoms with Crippen LogP contribution in [0.25, 0.3) is 0 Å². The van der Waals surface area contributed by atoms with Gasteiger partial charge in [0.2, 0.25) is 5.91 Å². The van der Waals surface area contributed by atoms with Crippen LogP contribution in [0.5, 0.6) is 0 Å². The second-order valence-electron chi connectivity index (χ2n) is 5.32. The smallest absolute Gasteiger partial charge is 0.220 e. The van der Waals surface area contributed by atoms with Crippen LogP contribution in [0, 0.1) is 11.8 Å². The summed E-state index contributed by atoms with van der Waals surface area (Å²) in [6.07, 6.45) is 5.92. The van der Waals surface area contributed by atoms with Gasteiger partial charge in [-0.1, -0.05) is 6.42 Å². The van der Waals surface area contributed by atoms with Gasteiger partial charge in [0.1, 0.15) is 0 Å². The van der Waals surface area contributed by atoms with Crippen molar-refractivity contribution in [3.8, 4) is 0 Å². The molecular formula is C13H23NO2S. The molecule has 2 atom stereocenters. The molecule has 0 radical (unpaired) electrons. The van der Waals surface area contributed by atoms with Crippen molar-refractivity contribution >= 4 is 17.7 Å². The number of hydrogen-bond acceptors (Lipinski definition) is 3. The lowest BCUT2D eigenvalue weighted by Crippen LogP contribution is -2.33. The molecule has 2 fully saturated rings. The molecule has 2 N–H and O–H groups in total. The van der Waals surface area contributed by atoms with Gasteiger partial charge in [0.05, 0.1) is 6.10 Å². The Bertz CT molecular complexity index is 254. The number of aliphatic hydroxyl groups is 1. The Morgan fingerprint density at radius 2 is 2.00 bits per heavy atom. The predicted molar refractivity (Wildman–Crippen MR) is 71.0 cm³/mol. The average molecular weight is 257 g/mol. The van der Waals surface area contributed by atoms with Crippen LogP contribution in [0.1, 0.15) is 38.5 Å². The van der Waals surface area contributed by atoms with E-state index in [2.05, 4.69) is 5.32 Å². The van der Waals surface area contributed by atoms with Crippen molar-refractivity contribution in [1.82, 2.24) is 5.32 Å². The van der Waals surface area contributed by atoms with Crippen LogP contribution in [0.3, 0.4) is 0 Å². The first-order valence-corrected chi connectivity index (χ1v) is 7.93. The quantitative estimate of drug-likeness (QED) is 0.807. The Balaban J connectivity index is 1.63. The Labute approximate surface area is 108 Å². The molecule has 1 heterocycles. The zero-order chi connectivity index (χ0) is 12.1. The summed E-state index contributed by atoms with van der Waals surface area (Å²) in [5.41, 5.74) is 0. The van der Waals surface area contributed by atoms with E-state index in [0.29, 0.717) is 24.8 Å². The molecule has 0 spiro atoms. The van der Waals surface area contributed by atoms with Gasteiger partial charge in [-0.2, -0.15) is 11.8 Å². The molecular weight excluding hydrogens is 234 g/mol. The summed E-state index contributed by atoms with van der Waals surface area (Å²) >= 11 is 2.00. The first kappa shape index (κ1) is 13.2. The molecule has 1 aliphatic carbocycles. The van der Waals surface area contributed by atoms with Crippen molar-refractivity contribution in [3.05, 3.63) is 0 Å². The molecule has 4 heteroatoms. The first-order chi connectivity index (χ1) is 8.25. The van der Waals surface area contributed by atoms with Gasteiger partial charge in [0.25, 0.3) is 0 Å². The van der Waals surface area contributed by atoms with Crippen LogP contribution in [-0.2, 0) is 4.79 Å². The summed E-state index contributed by atoms with van der Waals surface area (Å²) in [4.78, 5) is 11.8. The molecule has 2 rings (SSSR count). The molecule has 0 aromatic carbocycles. The molecule has 98 valence electrons. The molecule has 0 aromatic rings. The molecule has 1 amide bonds. The van der Waals surface area contributed by atoms with Crippen LogP contribution in [-0.4, -0.2) is 35.2 Å². The van der Waals surface area contributed by atoms with E-state index in [1.54, 1.807) is 0 Å². The van der Waals surface area contributed by atoms with Crippen molar-refractivity contribution in [1.29, 1.82) is 0 Å². The summed E-state index contributed by atoms with van der Waals surface area (Å²) < 4.78 is 0. The van der Waals surface area contributed by atoms with Crippen LogP contribution >= 0.6 is 11.8 Å². The molecule has 0 aromatic heterocycles. The third kappa shape index (κ3) is 4.18. The lowest BCUT2D eigenvalue weighted by Gasteiger charge is -2.21. The van der Waals surface area contributed by atoms with Crippen LogP contribution in [0.4, 0.5) is 0 Å². The van der Waals surface area contributed by atoms with Gasteiger partial charge in [0, 0.05) is 18.9 Å². The number of nitrogens with one attached hydrogen (secondary N) is 1. The minimum Gasteiger partial charge on any atom is -0.393 e. The highest BCUT2D eigenvalue weighted by molar-refractivity contribution is 7.99. The molecule has 17 heavy (non-hydrogen) atoms. The van der Waals surface area contributed by atoms with E-state index in [1.807, 2.05) is 11.8 Å². The van der Waals surface area contributed by atoms with E-state index < -0.39 is 0 Å². The van der Waals surface area contributed by atoms with Crippen LogP contribution < -0.4 is 5.32 Å². The maximum atomic E-state index is 11.8. The third-order valence-corrected chi connectivity index (χ3v) is 5.04. The molecule has 0 bridgehead atoms. The monoisotopic (exact) mass is 257 g/mol. The first-order valence-electron chi connectivity index (χ1n) is 6.78. The summed E-state index contributed by atoms with van der Waals surface area (Å²) in [5.74, 6) is 3.48. The number of aliphatic hydroxyl groups excluding tert-OH is 1. The molecule has 2 unspecified atom stereocenters. The van der Waals surface area contributed by atoms with Crippen LogP contribution in [0.2, 0.25) is 0 Å². The SMILES string of the molecule is O=C(CC1CCSCC1)NCC1CCCC1O. The van der Waals surface area contributed by atoms with Crippen molar-refractivity contribution in [2.75, 3.05) is 18.1 Å². The van der Waals surface area contributed by atoms with Gasteiger partial charge in [-0.25, -0.2) is 0 Å². The lowest BCUT2D eigenvalue weighted by molar-refractivity contribution is -0.122. The standard InChI is InChI=1S/C13H23NO2S/c15-12-3-1-2-11(12)9-14-13(16)8-10-4-6-17-7-5-10/h10-12,15H,1-9H2,(H,14,16). The molecule has 1 aliphatic heterocycles. The maximum Gasteiger partial charge on any atom is 0.220 e. The summed E-state index contributed by atoms with van der Waals surface area (Å²) in [5, 5.41) is 12.7. The van der Waals surface area contributed by atoms with Gasteiger partial charge >= 0.3 is 0 Å². The minimum atomic E-state index is -0.193. The molecule has 1 saturated carbocycles. The Kier molecular flexibility index (Phi) is 5.16. The topological polar surface area (TPSA) is 49.3 Å². The number of carbonyl (C=O) groups is 1. The number of carbonyl (C=O) groups excluding carboxylic acids is 1. The number of hydrogen-bond donors (Lipinski definition) is 2. The summed E-state index contributed by atoms with van der Waals surface area (Å²) in [7, 11) is 0. The van der Waals surface area contributed by atoms with Gasteiger partial charge < -0.3 is 10.4 Å². The average Bonchev–Trinajstić information content (AvgIpc) is 2.74. The Hall–Kier alpha value is -0.220. The van der Waals surface area contributed by atoms with Crippen molar-refractivity contribution in [2.45, 2.75) is 44.6 Å². The predicted octanol–water partition coefficient (Wildman–Crippen LogP) is 1.80. The second kappa shape index (κ2) is 6.64. The van der Waals surface area contributed by atoms with E-state index in [0.717, 1.165) is 19.3 Å². The van der Waals surface area contributed by atoms with E-state index in [1.165, 1.54) is 24.3 Å². The van der Waals surface area contributed by atoms with E-state index in [9.17, 15) is 9.90 Å². The van der Waals surface area contributed by atoms with Gasteiger partial charge in [-0.05, 0) is 43.1 Å².